The molecule has 2 aromatic rings. The van der Waals surface area contributed by atoms with E-state index in [0.717, 1.165) is 23.7 Å². The van der Waals surface area contributed by atoms with E-state index in [-0.39, 0.29) is 0 Å². The summed E-state index contributed by atoms with van der Waals surface area (Å²) in [7, 11) is 0. The first kappa shape index (κ1) is 16.1. The number of aryl methyl sites for hydroxylation is 2. The predicted octanol–water partition coefficient (Wildman–Crippen LogP) is 4.91. The van der Waals surface area contributed by atoms with Crippen LogP contribution in [-0.4, -0.2) is 11.5 Å². The summed E-state index contributed by atoms with van der Waals surface area (Å²) in [5.41, 5.74) is 3.71. The summed E-state index contributed by atoms with van der Waals surface area (Å²) in [4.78, 5) is 5.94. The Balaban J connectivity index is 2.31. The van der Waals surface area contributed by atoms with Crippen molar-refractivity contribution in [2.24, 2.45) is 0 Å². The maximum Gasteiger partial charge on any atom is 0.101 e. The Morgan fingerprint density at radius 1 is 1.14 bits per heavy atom. The molecule has 1 atom stereocenters. The Labute approximate surface area is 132 Å². The largest absolute Gasteiger partial charge is 0.310 e. The van der Waals surface area contributed by atoms with E-state index in [1.165, 1.54) is 16.0 Å². The molecule has 0 radical (unpaired) electrons. The van der Waals surface area contributed by atoms with Crippen LogP contribution >= 0.6 is 11.8 Å². The van der Waals surface area contributed by atoms with Gasteiger partial charge in [-0.3, -0.25) is 0 Å². The van der Waals surface area contributed by atoms with Crippen molar-refractivity contribution in [1.82, 2.24) is 10.3 Å². The molecule has 2 nitrogen and oxygen atoms in total. The third-order valence-electron chi connectivity index (χ3n) is 3.44. The zero-order valence-electron chi connectivity index (χ0n) is 13.3. The highest BCUT2D eigenvalue weighted by molar-refractivity contribution is 7.99. The first-order valence-corrected chi connectivity index (χ1v) is 8.41. The van der Waals surface area contributed by atoms with Gasteiger partial charge in [-0.1, -0.05) is 43.8 Å². The lowest BCUT2D eigenvalue weighted by Crippen LogP contribution is -2.20. The zero-order chi connectivity index (χ0) is 15.2. The van der Waals surface area contributed by atoms with Gasteiger partial charge in [0, 0.05) is 16.6 Å². The second kappa shape index (κ2) is 7.62. The Morgan fingerprint density at radius 2 is 1.90 bits per heavy atom. The van der Waals surface area contributed by atoms with E-state index in [1.807, 2.05) is 0 Å². The summed E-state index contributed by atoms with van der Waals surface area (Å²) in [6.07, 6.45) is 1.09. The Bertz CT molecular complexity index is 575. The van der Waals surface area contributed by atoms with Gasteiger partial charge < -0.3 is 5.32 Å². The topological polar surface area (TPSA) is 24.9 Å². The minimum Gasteiger partial charge on any atom is -0.310 e. The van der Waals surface area contributed by atoms with Crippen LogP contribution in [0.2, 0.25) is 0 Å². The quantitative estimate of drug-likeness (QED) is 0.820. The third-order valence-corrected chi connectivity index (χ3v) is 4.45. The fourth-order valence-corrected chi connectivity index (χ4v) is 3.69. The monoisotopic (exact) mass is 300 g/mol. The number of nitrogens with zero attached hydrogens (tertiary/aromatic N) is 1. The molecule has 1 aromatic carbocycles. The predicted molar refractivity (Wildman–Crippen MR) is 91.0 cm³/mol. The van der Waals surface area contributed by atoms with Crippen molar-refractivity contribution in [2.75, 3.05) is 6.54 Å². The van der Waals surface area contributed by atoms with E-state index in [2.05, 4.69) is 74.4 Å². The summed E-state index contributed by atoms with van der Waals surface area (Å²) in [5, 5.41) is 4.64. The van der Waals surface area contributed by atoms with Gasteiger partial charge in [-0.25, -0.2) is 4.98 Å². The van der Waals surface area contributed by atoms with Gasteiger partial charge in [0.25, 0.3) is 0 Å². The van der Waals surface area contributed by atoms with Crippen LogP contribution in [-0.2, 0) is 0 Å². The molecule has 0 aliphatic heterocycles. The normalized spacial score (nSPS) is 12.4. The molecular weight excluding hydrogens is 276 g/mol. The minimum absolute atomic E-state index is 0.407. The van der Waals surface area contributed by atoms with E-state index in [1.54, 1.807) is 11.8 Å². The van der Waals surface area contributed by atoms with Crippen LogP contribution in [0.4, 0.5) is 0 Å². The lowest BCUT2D eigenvalue weighted by atomic mass is 10.0. The molecule has 0 bridgehead atoms. The summed E-state index contributed by atoms with van der Waals surface area (Å²) in [6.45, 7) is 9.54. The molecule has 1 heterocycles. The molecule has 0 aliphatic rings. The molecule has 112 valence electrons. The minimum atomic E-state index is 0.407. The van der Waals surface area contributed by atoms with Gasteiger partial charge in [-0.05, 0) is 56.1 Å². The van der Waals surface area contributed by atoms with E-state index < -0.39 is 0 Å². The number of benzene rings is 1. The number of pyridine rings is 1. The smallest absolute Gasteiger partial charge is 0.101 e. The van der Waals surface area contributed by atoms with Crippen molar-refractivity contribution < 1.29 is 0 Å². The standard InChI is InChI=1S/C18H24N2S/c1-5-16(19-6-2)15-9-7-8-10-17(15)21-18-12-13(3)11-14(4)20-18/h7-12,16,19H,5-6H2,1-4H3. The van der Waals surface area contributed by atoms with Crippen molar-refractivity contribution in [3.63, 3.8) is 0 Å². The highest BCUT2D eigenvalue weighted by Gasteiger charge is 2.13. The second-order valence-corrected chi connectivity index (χ2v) is 6.34. The number of rotatable bonds is 6. The maximum absolute atomic E-state index is 4.64. The van der Waals surface area contributed by atoms with Crippen LogP contribution < -0.4 is 5.32 Å². The first-order chi connectivity index (χ1) is 10.1. The van der Waals surface area contributed by atoms with Crippen LogP contribution in [0.15, 0.2) is 46.3 Å². The number of hydrogen-bond donors (Lipinski definition) is 1. The fourth-order valence-electron chi connectivity index (χ4n) is 2.55. The van der Waals surface area contributed by atoms with Crippen molar-refractivity contribution in [3.05, 3.63) is 53.2 Å². The van der Waals surface area contributed by atoms with Crippen molar-refractivity contribution in [3.8, 4) is 0 Å². The maximum atomic E-state index is 4.64. The van der Waals surface area contributed by atoms with E-state index in [4.69, 9.17) is 0 Å². The third kappa shape index (κ3) is 4.32. The number of nitrogens with one attached hydrogen (secondary N) is 1. The van der Waals surface area contributed by atoms with Gasteiger partial charge in [-0.15, -0.1) is 0 Å². The molecule has 1 aromatic heterocycles. The van der Waals surface area contributed by atoms with Gasteiger partial charge in [0.15, 0.2) is 0 Å². The lowest BCUT2D eigenvalue weighted by molar-refractivity contribution is 0.530. The van der Waals surface area contributed by atoms with Crippen LogP contribution in [0.25, 0.3) is 0 Å². The zero-order valence-corrected chi connectivity index (χ0v) is 14.1. The highest BCUT2D eigenvalue weighted by Crippen LogP contribution is 2.33. The molecule has 0 amide bonds. The van der Waals surface area contributed by atoms with Gasteiger partial charge >= 0.3 is 0 Å². The van der Waals surface area contributed by atoms with Crippen molar-refractivity contribution in [1.29, 1.82) is 0 Å². The Hall–Kier alpha value is -1.32. The molecule has 0 saturated heterocycles. The summed E-state index contributed by atoms with van der Waals surface area (Å²) in [5.74, 6) is 0. The Morgan fingerprint density at radius 3 is 2.57 bits per heavy atom. The van der Waals surface area contributed by atoms with Crippen LogP contribution in [0, 0.1) is 13.8 Å². The molecule has 1 N–H and O–H groups in total. The van der Waals surface area contributed by atoms with Gasteiger partial charge in [-0.2, -0.15) is 0 Å². The molecular formula is C18H24N2S. The van der Waals surface area contributed by atoms with E-state index in [0.29, 0.717) is 6.04 Å². The number of hydrogen-bond acceptors (Lipinski definition) is 3. The van der Waals surface area contributed by atoms with Crippen LogP contribution in [0.3, 0.4) is 0 Å². The molecule has 3 heteroatoms. The fraction of sp³-hybridized carbons (Fsp3) is 0.389. The van der Waals surface area contributed by atoms with E-state index >= 15 is 0 Å². The Kier molecular flexibility index (Phi) is 5.83. The summed E-state index contributed by atoms with van der Waals surface area (Å²) in [6, 6.07) is 13.3. The lowest BCUT2D eigenvalue weighted by Gasteiger charge is -2.19. The average molecular weight is 300 g/mol. The van der Waals surface area contributed by atoms with E-state index in [9.17, 15) is 0 Å². The van der Waals surface area contributed by atoms with Gasteiger partial charge in [0.05, 0.1) is 0 Å². The molecule has 0 fully saturated rings. The molecule has 0 saturated carbocycles. The van der Waals surface area contributed by atoms with Gasteiger partial charge in [0.1, 0.15) is 5.03 Å². The molecule has 0 spiro atoms. The van der Waals surface area contributed by atoms with Crippen LogP contribution in [0.1, 0.15) is 43.1 Å². The molecule has 21 heavy (non-hydrogen) atoms. The first-order valence-electron chi connectivity index (χ1n) is 7.59. The SMILES string of the molecule is CCNC(CC)c1ccccc1Sc1cc(C)cc(C)n1. The van der Waals surface area contributed by atoms with Crippen molar-refractivity contribution >= 4 is 11.8 Å². The molecule has 2 rings (SSSR count). The van der Waals surface area contributed by atoms with Gasteiger partial charge in [0.2, 0.25) is 0 Å². The van der Waals surface area contributed by atoms with Crippen molar-refractivity contribution in [2.45, 2.75) is 50.1 Å². The summed E-state index contributed by atoms with van der Waals surface area (Å²) < 4.78 is 0. The second-order valence-electron chi connectivity index (χ2n) is 5.28. The summed E-state index contributed by atoms with van der Waals surface area (Å²) >= 11 is 1.76. The van der Waals surface area contributed by atoms with Crippen LogP contribution in [0.5, 0.6) is 0 Å². The molecule has 1 unspecified atom stereocenters. The number of aromatic nitrogens is 1. The highest BCUT2D eigenvalue weighted by atomic mass is 32.2. The average Bonchev–Trinajstić information content (AvgIpc) is 2.44. The molecule has 0 aliphatic carbocycles.